The second-order valence-corrected chi connectivity index (χ2v) is 6.78. The number of rotatable bonds is 8. The van der Waals surface area contributed by atoms with E-state index in [0.717, 1.165) is 0 Å². The number of carboxylic acid groups (broad SMARTS) is 1. The summed E-state index contributed by atoms with van der Waals surface area (Å²) in [4.78, 5) is 35.5. The van der Waals surface area contributed by atoms with E-state index in [1.807, 2.05) is 13.8 Å². The third-order valence-electron chi connectivity index (χ3n) is 4.08. The van der Waals surface area contributed by atoms with Crippen molar-refractivity contribution >= 4 is 17.8 Å². The average molecular weight is 390 g/mol. The highest BCUT2D eigenvalue weighted by Crippen LogP contribution is 2.16. The topological polar surface area (TPSA) is 113 Å². The Kier molecular flexibility index (Phi) is 6.86. The molecule has 0 saturated carbocycles. The number of carbonyl (C=O) groups excluding carboxylic acids is 2. The molecular weight excluding hydrogens is 367 g/mol. The highest BCUT2D eigenvalue weighted by atomic mass is 19.1. The lowest BCUT2D eigenvalue weighted by molar-refractivity contribution is -0.142. The van der Waals surface area contributed by atoms with Crippen molar-refractivity contribution in [3.63, 3.8) is 0 Å². The molecule has 1 aromatic carbocycles. The van der Waals surface area contributed by atoms with Crippen molar-refractivity contribution in [3.05, 3.63) is 47.5 Å². The Morgan fingerprint density at radius 2 is 1.93 bits per heavy atom. The number of benzene rings is 1. The summed E-state index contributed by atoms with van der Waals surface area (Å²) in [5.41, 5.74) is 0.800. The van der Waals surface area contributed by atoms with Crippen LogP contribution < -0.4 is 10.6 Å². The molecule has 1 heterocycles. The van der Waals surface area contributed by atoms with E-state index < -0.39 is 29.6 Å². The van der Waals surface area contributed by atoms with E-state index in [0.29, 0.717) is 5.69 Å². The molecular formula is C19H23FN4O4. The molecule has 9 heteroatoms. The Labute approximate surface area is 161 Å². The predicted molar refractivity (Wildman–Crippen MR) is 99.6 cm³/mol. The predicted octanol–water partition coefficient (Wildman–Crippen LogP) is 1.67. The van der Waals surface area contributed by atoms with Crippen LogP contribution >= 0.6 is 0 Å². The minimum absolute atomic E-state index is 0.0860. The molecule has 0 bridgehead atoms. The number of amides is 2. The summed E-state index contributed by atoms with van der Waals surface area (Å²) >= 11 is 0. The van der Waals surface area contributed by atoms with Gasteiger partial charge in [0.2, 0.25) is 5.91 Å². The van der Waals surface area contributed by atoms with Crippen LogP contribution in [0.4, 0.5) is 4.39 Å². The lowest BCUT2D eigenvalue weighted by Gasteiger charge is -2.16. The molecule has 0 spiro atoms. The smallest absolute Gasteiger partial charge is 0.326 e. The highest BCUT2D eigenvalue weighted by Gasteiger charge is 2.22. The number of hydrogen-bond acceptors (Lipinski definition) is 4. The third-order valence-corrected chi connectivity index (χ3v) is 4.08. The molecule has 8 nitrogen and oxygen atoms in total. The Balaban J connectivity index is 2.01. The number of nitrogens with zero attached hydrogens (tertiary/aromatic N) is 2. The Morgan fingerprint density at radius 1 is 1.25 bits per heavy atom. The first-order valence-electron chi connectivity index (χ1n) is 8.80. The van der Waals surface area contributed by atoms with Gasteiger partial charge in [0, 0.05) is 0 Å². The summed E-state index contributed by atoms with van der Waals surface area (Å²) in [6.07, 6.45) is 1.57. The lowest BCUT2D eigenvalue weighted by atomic mass is 10.0. The highest BCUT2D eigenvalue weighted by molar-refractivity contribution is 5.97. The van der Waals surface area contributed by atoms with E-state index in [1.165, 1.54) is 23.0 Å². The van der Waals surface area contributed by atoms with Gasteiger partial charge in [0.05, 0.1) is 24.0 Å². The maximum Gasteiger partial charge on any atom is 0.326 e. The zero-order chi connectivity index (χ0) is 20.8. The molecule has 0 fully saturated rings. The van der Waals surface area contributed by atoms with Gasteiger partial charge in [-0.15, -0.1) is 0 Å². The molecule has 0 radical (unpaired) electrons. The van der Waals surface area contributed by atoms with Crippen LogP contribution in [0, 0.1) is 18.7 Å². The number of aromatic nitrogens is 2. The van der Waals surface area contributed by atoms with Gasteiger partial charge in [-0.2, -0.15) is 5.10 Å². The molecule has 0 saturated heterocycles. The average Bonchev–Trinajstić information content (AvgIpc) is 3.00. The molecule has 2 rings (SSSR count). The number of carbonyl (C=O) groups is 3. The van der Waals surface area contributed by atoms with E-state index in [1.54, 1.807) is 19.1 Å². The summed E-state index contributed by atoms with van der Waals surface area (Å²) in [7, 11) is 0. The molecule has 1 aromatic heterocycles. The van der Waals surface area contributed by atoms with E-state index in [-0.39, 0.29) is 30.1 Å². The summed E-state index contributed by atoms with van der Waals surface area (Å²) in [6.45, 7) is 4.92. The molecule has 0 unspecified atom stereocenters. The van der Waals surface area contributed by atoms with E-state index in [4.69, 9.17) is 5.11 Å². The molecule has 3 N–H and O–H groups in total. The van der Waals surface area contributed by atoms with Gasteiger partial charge in [-0.1, -0.05) is 26.0 Å². The SMILES string of the molecule is Cc1c(C(=O)NCC(=O)N[C@@H](CC(C)C)C(=O)O)cnn1-c1ccccc1F. The van der Waals surface area contributed by atoms with E-state index >= 15 is 0 Å². The van der Waals surface area contributed by atoms with Crippen LogP contribution in [0.25, 0.3) is 5.69 Å². The Bertz CT molecular complexity index is 879. The second-order valence-electron chi connectivity index (χ2n) is 6.78. The monoisotopic (exact) mass is 390 g/mol. The van der Waals surface area contributed by atoms with Crippen LogP contribution in [-0.4, -0.2) is 45.3 Å². The number of aliphatic carboxylic acids is 1. The zero-order valence-electron chi connectivity index (χ0n) is 15.9. The zero-order valence-corrected chi connectivity index (χ0v) is 15.9. The molecule has 0 aliphatic rings. The van der Waals surface area contributed by atoms with Crippen LogP contribution in [0.1, 0.15) is 36.3 Å². The first kappa shape index (κ1) is 21.1. The summed E-state index contributed by atoms with van der Waals surface area (Å²) in [5.74, 6) is -2.70. The van der Waals surface area contributed by atoms with E-state index in [2.05, 4.69) is 15.7 Å². The minimum Gasteiger partial charge on any atom is -0.480 e. The number of para-hydroxylation sites is 1. The van der Waals surface area contributed by atoms with Crippen LogP contribution in [0.15, 0.2) is 30.5 Å². The van der Waals surface area contributed by atoms with Gasteiger partial charge >= 0.3 is 5.97 Å². The first-order chi connectivity index (χ1) is 13.2. The van der Waals surface area contributed by atoms with Gasteiger partial charge in [0.1, 0.15) is 17.5 Å². The van der Waals surface area contributed by atoms with Gasteiger partial charge in [0.15, 0.2) is 0 Å². The Hall–Kier alpha value is -3.23. The van der Waals surface area contributed by atoms with Crippen molar-refractivity contribution in [3.8, 4) is 5.69 Å². The van der Waals surface area contributed by atoms with Crippen LogP contribution in [0.3, 0.4) is 0 Å². The fourth-order valence-electron chi connectivity index (χ4n) is 2.69. The van der Waals surface area contributed by atoms with Crippen molar-refractivity contribution in [2.45, 2.75) is 33.2 Å². The number of nitrogens with one attached hydrogen (secondary N) is 2. The number of halogens is 1. The van der Waals surface area contributed by atoms with E-state index in [9.17, 15) is 18.8 Å². The molecule has 2 amide bonds. The molecule has 0 aliphatic heterocycles. The largest absolute Gasteiger partial charge is 0.480 e. The summed E-state index contributed by atoms with van der Waals surface area (Å²) in [5, 5.41) is 18.0. The molecule has 0 aliphatic carbocycles. The minimum atomic E-state index is -1.13. The molecule has 2 aromatic rings. The fourth-order valence-corrected chi connectivity index (χ4v) is 2.69. The van der Waals surface area contributed by atoms with Gasteiger partial charge in [0.25, 0.3) is 5.91 Å². The Morgan fingerprint density at radius 3 is 2.54 bits per heavy atom. The number of hydrogen-bond donors (Lipinski definition) is 3. The van der Waals surface area contributed by atoms with Gasteiger partial charge in [-0.05, 0) is 31.4 Å². The standard InChI is InChI=1S/C19H23FN4O4/c1-11(2)8-15(19(27)28)23-17(25)10-21-18(26)13-9-22-24(12(13)3)16-7-5-4-6-14(16)20/h4-7,9,11,15H,8,10H2,1-3H3,(H,21,26)(H,23,25)(H,27,28)/t15-/m0/s1. The first-order valence-corrected chi connectivity index (χ1v) is 8.80. The van der Waals surface area contributed by atoms with Gasteiger partial charge in [-0.3, -0.25) is 9.59 Å². The maximum absolute atomic E-state index is 13.9. The van der Waals surface area contributed by atoms with Crippen molar-refractivity contribution in [1.82, 2.24) is 20.4 Å². The summed E-state index contributed by atoms with van der Waals surface area (Å²) in [6, 6.07) is 5.00. The van der Waals surface area contributed by atoms with Crippen molar-refractivity contribution in [2.24, 2.45) is 5.92 Å². The maximum atomic E-state index is 13.9. The van der Waals surface area contributed by atoms with Crippen molar-refractivity contribution < 1.29 is 23.9 Å². The normalized spacial score (nSPS) is 11.9. The quantitative estimate of drug-likeness (QED) is 0.634. The lowest BCUT2D eigenvalue weighted by Crippen LogP contribution is -2.46. The number of carboxylic acids is 1. The third kappa shape index (κ3) is 5.15. The second kappa shape index (κ2) is 9.12. The molecule has 150 valence electrons. The van der Waals surface area contributed by atoms with Gasteiger partial charge in [-0.25, -0.2) is 13.9 Å². The van der Waals surface area contributed by atoms with Gasteiger partial charge < -0.3 is 15.7 Å². The molecule has 28 heavy (non-hydrogen) atoms. The summed E-state index contributed by atoms with van der Waals surface area (Å²) < 4.78 is 15.2. The van der Waals surface area contributed by atoms with Crippen molar-refractivity contribution in [1.29, 1.82) is 0 Å². The van der Waals surface area contributed by atoms with Crippen molar-refractivity contribution in [2.75, 3.05) is 6.54 Å². The fraction of sp³-hybridized carbons (Fsp3) is 0.368. The van der Waals surface area contributed by atoms with Crippen LogP contribution in [-0.2, 0) is 9.59 Å². The van der Waals surface area contributed by atoms with Crippen LogP contribution in [0.5, 0.6) is 0 Å². The molecule has 1 atom stereocenters. The van der Waals surface area contributed by atoms with Crippen LogP contribution in [0.2, 0.25) is 0 Å².